The molecule has 2 N–H and O–H groups in total. The van der Waals surface area contributed by atoms with Crippen LogP contribution in [0, 0.1) is 6.92 Å². The van der Waals surface area contributed by atoms with Crippen LogP contribution in [0.2, 0.25) is 0 Å². The highest BCUT2D eigenvalue weighted by atomic mass is 32.2. The topological polar surface area (TPSA) is 122 Å². The molecule has 0 saturated carbocycles. The first-order valence-electron chi connectivity index (χ1n) is 11.0. The van der Waals surface area contributed by atoms with Crippen LogP contribution in [-0.4, -0.2) is 58.2 Å². The Morgan fingerprint density at radius 3 is 2.83 bits per heavy atom. The molecule has 182 valence electrons. The first kappa shape index (κ1) is 24.6. The van der Waals surface area contributed by atoms with Crippen LogP contribution in [0.1, 0.15) is 30.4 Å². The van der Waals surface area contributed by atoms with Crippen molar-refractivity contribution in [3.8, 4) is 0 Å². The Morgan fingerprint density at radius 1 is 1.26 bits per heavy atom. The third-order valence-corrected chi connectivity index (χ3v) is 6.83. The Balaban J connectivity index is 1.62. The van der Waals surface area contributed by atoms with E-state index < -0.39 is 5.97 Å². The van der Waals surface area contributed by atoms with E-state index in [1.165, 1.54) is 15.4 Å². The SMILES string of the molecule is Cc1cccn2c(=O)c(C=C3SC(=S)N(CCCC(=O)O)C3=O)c(NCCCn3ccnc3)nc12. The maximum atomic E-state index is 13.4. The minimum atomic E-state index is -0.930. The fourth-order valence-electron chi connectivity index (χ4n) is 3.68. The van der Waals surface area contributed by atoms with Crippen LogP contribution in [0.3, 0.4) is 0 Å². The molecule has 1 aliphatic heterocycles. The molecule has 0 radical (unpaired) electrons. The van der Waals surface area contributed by atoms with Gasteiger partial charge in [-0.2, -0.15) is 0 Å². The number of rotatable bonds is 10. The number of anilines is 1. The number of thiocarbonyl (C=S) groups is 1. The first-order chi connectivity index (χ1) is 16.8. The average molecular weight is 513 g/mol. The first-order valence-corrected chi connectivity index (χ1v) is 12.3. The molecule has 10 nitrogen and oxygen atoms in total. The summed E-state index contributed by atoms with van der Waals surface area (Å²) in [5.74, 6) is -0.878. The Hall–Kier alpha value is -3.51. The van der Waals surface area contributed by atoms with Crippen LogP contribution in [0.25, 0.3) is 11.7 Å². The number of aliphatic carboxylic acids is 1. The van der Waals surface area contributed by atoms with Gasteiger partial charge in [0.05, 0.1) is 16.8 Å². The molecule has 1 amide bonds. The largest absolute Gasteiger partial charge is 0.481 e. The van der Waals surface area contributed by atoms with E-state index >= 15 is 0 Å². The maximum Gasteiger partial charge on any atom is 0.303 e. The van der Waals surface area contributed by atoms with Crippen molar-refractivity contribution in [2.24, 2.45) is 0 Å². The van der Waals surface area contributed by atoms with E-state index in [1.807, 2.05) is 23.8 Å². The Morgan fingerprint density at radius 2 is 2.09 bits per heavy atom. The van der Waals surface area contributed by atoms with Gasteiger partial charge in [0.15, 0.2) is 0 Å². The van der Waals surface area contributed by atoms with Gasteiger partial charge in [0, 0.05) is 44.6 Å². The van der Waals surface area contributed by atoms with Gasteiger partial charge in [0.2, 0.25) is 0 Å². The number of carboxylic acid groups (broad SMARTS) is 1. The number of nitrogens with zero attached hydrogens (tertiary/aromatic N) is 5. The van der Waals surface area contributed by atoms with Gasteiger partial charge >= 0.3 is 5.97 Å². The molecule has 4 rings (SSSR count). The molecule has 1 fully saturated rings. The van der Waals surface area contributed by atoms with Crippen molar-refractivity contribution in [3.05, 3.63) is 63.4 Å². The predicted molar refractivity (Wildman–Crippen MR) is 138 cm³/mol. The van der Waals surface area contributed by atoms with Crippen LogP contribution in [-0.2, 0) is 16.1 Å². The number of pyridine rings is 1. The van der Waals surface area contributed by atoms with Crippen molar-refractivity contribution in [1.82, 2.24) is 23.8 Å². The minimum Gasteiger partial charge on any atom is -0.481 e. The highest BCUT2D eigenvalue weighted by molar-refractivity contribution is 8.26. The van der Waals surface area contributed by atoms with E-state index in [9.17, 15) is 14.4 Å². The number of amides is 1. The van der Waals surface area contributed by atoms with Crippen molar-refractivity contribution in [2.75, 3.05) is 18.4 Å². The third kappa shape index (κ3) is 5.60. The summed E-state index contributed by atoms with van der Waals surface area (Å²) in [5.41, 5.74) is 1.35. The van der Waals surface area contributed by atoms with Gasteiger partial charge in [-0.3, -0.25) is 23.7 Å². The lowest BCUT2D eigenvalue weighted by atomic mass is 10.2. The van der Waals surface area contributed by atoms with E-state index in [0.717, 1.165) is 30.3 Å². The quantitative estimate of drug-likeness (QED) is 0.240. The van der Waals surface area contributed by atoms with Crippen molar-refractivity contribution < 1.29 is 14.7 Å². The van der Waals surface area contributed by atoms with Crippen LogP contribution in [0.5, 0.6) is 0 Å². The van der Waals surface area contributed by atoms with E-state index in [-0.39, 0.29) is 36.4 Å². The number of aromatic nitrogens is 4. The Labute approximate surface area is 210 Å². The summed E-state index contributed by atoms with van der Waals surface area (Å²) in [7, 11) is 0. The third-order valence-electron chi connectivity index (χ3n) is 5.45. The molecule has 0 spiro atoms. The molecule has 1 saturated heterocycles. The van der Waals surface area contributed by atoms with E-state index in [4.69, 9.17) is 22.3 Å². The molecule has 0 aliphatic carbocycles. The Kier molecular flexibility index (Phi) is 7.61. The molecule has 0 unspecified atom stereocenters. The molecular weight excluding hydrogens is 488 g/mol. The smallest absolute Gasteiger partial charge is 0.303 e. The highest BCUT2D eigenvalue weighted by Gasteiger charge is 2.32. The van der Waals surface area contributed by atoms with Crippen LogP contribution in [0.4, 0.5) is 5.82 Å². The maximum absolute atomic E-state index is 13.4. The zero-order chi connectivity index (χ0) is 24.9. The van der Waals surface area contributed by atoms with Gasteiger partial charge in [-0.25, -0.2) is 9.97 Å². The van der Waals surface area contributed by atoms with Crippen LogP contribution in [0.15, 0.2) is 46.8 Å². The molecule has 3 aromatic rings. The molecule has 0 aromatic carbocycles. The molecular formula is C23H24N6O4S2. The van der Waals surface area contributed by atoms with Gasteiger partial charge in [0.25, 0.3) is 11.5 Å². The van der Waals surface area contributed by atoms with Gasteiger partial charge in [0.1, 0.15) is 15.8 Å². The number of fused-ring (bicyclic) bond motifs is 1. The summed E-state index contributed by atoms with van der Waals surface area (Å²) in [6, 6.07) is 3.65. The van der Waals surface area contributed by atoms with Crippen molar-refractivity contribution >= 4 is 57.7 Å². The van der Waals surface area contributed by atoms with Gasteiger partial charge in [-0.15, -0.1) is 0 Å². The lowest BCUT2D eigenvalue weighted by Crippen LogP contribution is -2.29. The second-order valence-electron chi connectivity index (χ2n) is 7.98. The van der Waals surface area contributed by atoms with Crippen molar-refractivity contribution in [2.45, 2.75) is 32.7 Å². The molecule has 0 atom stereocenters. The molecule has 4 heterocycles. The second kappa shape index (κ2) is 10.8. The number of carbonyl (C=O) groups is 2. The number of carbonyl (C=O) groups excluding carboxylic acids is 1. The average Bonchev–Trinajstić information content (AvgIpc) is 3.43. The summed E-state index contributed by atoms with van der Waals surface area (Å²) in [4.78, 5) is 47.6. The lowest BCUT2D eigenvalue weighted by Gasteiger charge is -2.13. The van der Waals surface area contributed by atoms with Gasteiger partial charge < -0.3 is 15.0 Å². The second-order valence-corrected chi connectivity index (χ2v) is 9.65. The van der Waals surface area contributed by atoms with E-state index in [1.54, 1.807) is 24.8 Å². The number of imidazole rings is 1. The predicted octanol–water partition coefficient (Wildman–Crippen LogP) is 2.77. The summed E-state index contributed by atoms with van der Waals surface area (Å²) in [5, 5.41) is 12.1. The zero-order valence-electron chi connectivity index (χ0n) is 19.0. The number of nitrogens with one attached hydrogen (secondary N) is 1. The molecule has 0 bridgehead atoms. The van der Waals surface area contributed by atoms with Crippen molar-refractivity contribution in [3.63, 3.8) is 0 Å². The standard InChI is InChI=1S/C23H24N6O4S2/c1-15-5-2-10-28-20(15)26-19(25-7-4-9-27-12-8-24-14-27)16(21(28)32)13-17-22(33)29(23(34)35-17)11-3-6-18(30)31/h2,5,8,10,12-14,25H,3-4,6-7,9,11H2,1H3,(H,30,31). The monoisotopic (exact) mass is 512 g/mol. The fraction of sp³-hybridized carbons (Fsp3) is 0.304. The summed E-state index contributed by atoms with van der Waals surface area (Å²) >= 11 is 6.43. The number of aryl methyl sites for hydroxylation is 2. The van der Waals surface area contributed by atoms with Crippen LogP contribution < -0.4 is 10.9 Å². The zero-order valence-corrected chi connectivity index (χ0v) is 20.6. The molecule has 35 heavy (non-hydrogen) atoms. The number of hydrogen-bond donors (Lipinski definition) is 2. The summed E-state index contributed by atoms with van der Waals surface area (Å²) < 4.78 is 3.77. The van der Waals surface area contributed by atoms with Crippen molar-refractivity contribution in [1.29, 1.82) is 0 Å². The van der Waals surface area contributed by atoms with Gasteiger partial charge in [-0.1, -0.05) is 30.0 Å². The van der Waals surface area contributed by atoms with E-state index in [2.05, 4.69) is 10.3 Å². The van der Waals surface area contributed by atoms with Gasteiger partial charge in [-0.05, 0) is 37.5 Å². The molecule has 1 aliphatic rings. The highest BCUT2D eigenvalue weighted by Crippen LogP contribution is 2.33. The molecule has 3 aromatic heterocycles. The number of hydrogen-bond acceptors (Lipinski definition) is 8. The fourth-order valence-corrected chi connectivity index (χ4v) is 4.97. The number of carboxylic acids is 1. The number of thioether (sulfide) groups is 1. The minimum absolute atomic E-state index is 0.0570. The summed E-state index contributed by atoms with van der Waals surface area (Å²) in [6.07, 6.45) is 9.53. The normalized spacial score (nSPS) is 14.9. The van der Waals surface area contributed by atoms with Crippen LogP contribution >= 0.6 is 24.0 Å². The molecule has 12 heteroatoms. The lowest BCUT2D eigenvalue weighted by molar-refractivity contribution is -0.137. The van der Waals surface area contributed by atoms with E-state index in [0.29, 0.717) is 27.2 Å². The Bertz CT molecular complexity index is 1370. The summed E-state index contributed by atoms with van der Waals surface area (Å²) in [6.45, 7) is 3.40.